The number of nitrogens with one attached hydrogen (secondary N) is 2. The third-order valence-electron chi connectivity index (χ3n) is 6.15. The molecule has 1 amide bonds. The molecule has 0 bridgehead atoms. The van der Waals surface area contributed by atoms with Gasteiger partial charge >= 0.3 is 0 Å². The summed E-state index contributed by atoms with van der Waals surface area (Å²) in [5, 5.41) is 17.8. The van der Waals surface area contributed by atoms with Crippen molar-refractivity contribution in [2.24, 2.45) is 0 Å². The van der Waals surface area contributed by atoms with E-state index in [2.05, 4.69) is 20.6 Å². The van der Waals surface area contributed by atoms with Crippen molar-refractivity contribution in [2.75, 3.05) is 38.4 Å². The predicted octanol–water partition coefficient (Wildman–Crippen LogP) is 5.38. The van der Waals surface area contributed by atoms with Gasteiger partial charge in [-0.05, 0) is 69.9 Å². The Morgan fingerprint density at radius 1 is 1.10 bits per heavy atom. The number of aromatic nitrogens is 2. The van der Waals surface area contributed by atoms with E-state index in [9.17, 15) is 14.3 Å². The van der Waals surface area contributed by atoms with Crippen LogP contribution in [0.3, 0.4) is 0 Å². The van der Waals surface area contributed by atoms with Gasteiger partial charge in [0.15, 0.2) is 0 Å². The van der Waals surface area contributed by atoms with E-state index in [-0.39, 0.29) is 18.3 Å². The predicted molar refractivity (Wildman–Crippen MR) is 158 cm³/mol. The summed E-state index contributed by atoms with van der Waals surface area (Å²) in [7, 11) is 5.35. The van der Waals surface area contributed by atoms with Crippen molar-refractivity contribution in [2.45, 2.75) is 26.1 Å². The number of hydrogen-bond donors (Lipinski definition) is 3. The van der Waals surface area contributed by atoms with Gasteiger partial charge in [0.1, 0.15) is 36.1 Å². The monoisotopic (exact) mass is 559 g/mol. The molecule has 0 aliphatic carbocycles. The van der Waals surface area contributed by atoms with Crippen LogP contribution in [0.15, 0.2) is 73.1 Å². The fourth-order valence-corrected chi connectivity index (χ4v) is 4.14. The normalized spacial score (nSPS) is 11.7. The van der Waals surface area contributed by atoms with Gasteiger partial charge in [0, 0.05) is 35.3 Å². The van der Waals surface area contributed by atoms with Crippen molar-refractivity contribution >= 4 is 34.0 Å². The number of amides is 1. The highest BCUT2D eigenvalue weighted by atomic mass is 19.1. The Labute approximate surface area is 238 Å². The van der Waals surface area contributed by atoms with Gasteiger partial charge in [0.05, 0.1) is 23.9 Å². The van der Waals surface area contributed by atoms with Crippen molar-refractivity contribution in [3.63, 3.8) is 0 Å². The summed E-state index contributed by atoms with van der Waals surface area (Å²) in [5.41, 5.74) is 1.68. The topological polar surface area (TPSA) is 109 Å². The molecule has 4 aromatic rings. The summed E-state index contributed by atoms with van der Waals surface area (Å²) in [6.45, 7) is 4.14. The van der Waals surface area contributed by atoms with E-state index in [1.807, 2.05) is 19.0 Å². The van der Waals surface area contributed by atoms with Crippen molar-refractivity contribution < 1.29 is 23.8 Å². The number of rotatable bonds is 11. The van der Waals surface area contributed by atoms with E-state index in [1.54, 1.807) is 62.4 Å². The first-order valence-corrected chi connectivity index (χ1v) is 13.0. The van der Waals surface area contributed by atoms with Gasteiger partial charge in [0.25, 0.3) is 0 Å². The SMILES string of the molecule is COc1cc2ncnc(Nc3ccc(OCc4cccc(F)c4)cc3C(C)(C)O)c2cc1NC(=O)C=CCN(C)C. The van der Waals surface area contributed by atoms with E-state index >= 15 is 0 Å². The molecular weight excluding hydrogens is 525 g/mol. The smallest absolute Gasteiger partial charge is 0.248 e. The molecule has 0 saturated carbocycles. The summed E-state index contributed by atoms with van der Waals surface area (Å²) in [6.07, 6.45) is 4.66. The number of anilines is 3. The first-order chi connectivity index (χ1) is 19.5. The maximum absolute atomic E-state index is 13.6. The lowest BCUT2D eigenvalue weighted by molar-refractivity contribution is -0.111. The van der Waals surface area contributed by atoms with Gasteiger partial charge in [-0.15, -0.1) is 0 Å². The summed E-state index contributed by atoms with van der Waals surface area (Å²) in [4.78, 5) is 23.3. The van der Waals surface area contributed by atoms with Crippen molar-refractivity contribution in [3.8, 4) is 11.5 Å². The standard InChI is InChI=1S/C31H34FN5O4/c1-31(2,39)24-15-22(41-18-20-8-6-9-21(32)14-20)11-12-25(24)36-30-23-16-27(35-29(38)10-7-13-37(3)4)28(40-5)17-26(23)33-19-34-30/h6-12,14-17,19,39H,13,18H2,1-5H3,(H,35,38)(H,33,34,36). The number of benzene rings is 3. The van der Waals surface area contributed by atoms with Crippen LogP contribution in [0.25, 0.3) is 10.9 Å². The number of fused-ring (bicyclic) bond motifs is 1. The lowest BCUT2D eigenvalue weighted by Crippen LogP contribution is -2.18. The van der Waals surface area contributed by atoms with Gasteiger partial charge < -0.3 is 30.1 Å². The summed E-state index contributed by atoms with van der Waals surface area (Å²) in [6, 6.07) is 14.9. The van der Waals surface area contributed by atoms with Gasteiger partial charge in [-0.1, -0.05) is 18.2 Å². The zero-order valence-corrected chi connectivity index (χ0v) is 23.7. The molecule has 0 unspecified atom stereocenters. The first-order valence-electron chi connectivity index (χ1n) is 13.0. The Morgan fingerprint density at radius 2 is 1.90 bits per heavy atom. The fraction of sp³-hybridized carbons (Fsp3) is 0.258. The van der Waals surface area contributed by atoms with Crippen molar-refractivity contribution in [1.82, 2.24) is 14.9 Å². The fourth-order valence-electron chi connectivity index (χ4n) is 4.14. The molecule has 0 spiro atoms. The Balaban J connectivity index is 1.64. The Bertz CT molecular complexity index is 1570. The highest BCUT2D eigenvalue weighted by molar-refractivity contribution is 6.03. The Hall–Kier alpha value is -4.54. The second-order valence-electron chi connectivity index (χ2n) is 10.3. The van der Waals surface area contributed by atoms with Crippen LogP contribution >= 0.6 is 0 Å². The molecule has 3 aromatic carbocycles. The van der Waals surface area contributed by atoms with Gasteiger partial charge in [-0.3, -0.25) is 4.79 Å². The number of halogens is 1. The third kappa shape index (κ3) is 7.77. The number of hydrogen-bond acceptors (Lipinski definition) is 8. The maximum atomic E-state index is 13.6. The zero-order valence-electron chi connectivity index (χ0n) is 23.7. The molecule has 4 rings (SSSR count). The molecule has 0 aliphatic heterocycles. The van der Waals surface area contributed by atoms with Crippen molar-refractivity contribution in [3.05, 3.63) is 90.0 Å². The van der Waals surface area contributed by atoms with E-state index in [1.165, 1.54) is 31.6 Å². The average Bonchev–Trinajstić information content (AvgIpc) is 2.91. The minimum Gasteiger partial charge on any atom is -0.494 e. The van der Waals surface area contributed by atoms with E-state index < -0.39 is 5.60 Å². The first kappa shape index (κ1) is 29.4. The van der Waals surface area contributed by atoms with Crippen LogP contribution in [0.1, 0.15) is 25.0 Å². The van der Waals surface area contributed by atoms with Crippen LogP contribution in [0.2, 0.25) is 0 Å². The second kappa shape index (κ2) is 12.8. The number of nitrogens with zero attached hydrogens (tertiary/aromatic N) is 3. The molecule has 1 heterocycles. The number of aliphatic hydroxyl groups is 1. The summed E-state index contributed by atoms with van der Waals surface area (Å²) in [5.74, 6) is 0.806. The molecule has 10 heteroatoms. The zero-order chi connectivity index (χ0) is 29.6. The third-order valence-corrected chi connectivity index (χ3v) is 6.15. The highest BCUT2D eigenvalue weighted by Crippen LogP contribution is 2.36. The highest BCUT2D eigenvalue weighted by Gasteiger charge is 2.22. The lowest BCUT2D eigenvalue weighted by Gasteiger charge is -2.23. The number of carbonyl (C=O) groups excluding carboxylic acids is 1. The van der Waals surface area contributed by atoms with Crippen LogP contribution in [0.5, 0.6) is 11.5 Å². The molecule has 0 radical (unpaired) electrons. The molecule has 0 fully saturated rings. The summed E-state index contributed by atoms with van der Waals surface area (Å²) < 4.78 is 24.9. The minimum atomic E-state index is -1.23. The van der Waals surface area contributed by atoms with E-state index in [0.717, 1.165) is 0 Å². The van der Waals surface area contributed by atoms with Crippen LogP contribution in [-0.2, 0) is 17.0 Å². The van der Waals surface area contributed by atoms with Crippen LogP contribution < -0.4 is 20.1 Å². The van der Waals surface area contributed by atoms with Crippen LogP contribution in [-0.4, -0.2) is 53.6 Å². The molecule has 0 atom stereocenters. The lowest BCUT2D eigenvalue weighted by atomic mass is 9.96. The Morgan fingerprint density at radius 3 is 2.61 bits per heavy atom. The molecule has 41 heavy (non-hydrogen) atoms. The summed E-state index contributed by atoms with van der Waals surface area (Å²) >= 11 is 0. The molecule has 3 N–H and O–H groups in total. The molecule has 9 nitrogen and oxygen atoms in total. The quantitative estimate of drug-likeness (QED) is 0.210. The van der Waals surface area contributed by atoms with Crippen molar-refractivity contribution in [1.29, 1.82) is 0 Å². The van der Waals surface area contributed by atoms with Crippen LogP contribution in [0.4, 0.5) is 21.6 Å². The van der Waals surface area contributed by atoms with Gasteiger partial charge in [-0.2, -0.15) is 0 Å². The maximum Gasteiger partial charge on any atom is 0.248 e. The molecule has 214 valence electrons. The molecular formula is C31H34FN5O4. The van der Waals surface area contributed by atoms with Gasteiger partial charge in [-0.25, -0.2) is 14.4 Å². The number of methoxy groups -OCH3 is 1. The number of ether oxygens (including phenoxy) is 2. The van der Waals surface area contributed by atoms with E-state index in [0.29, 0.717) is 57.3 Å². The Kier molecular flexibility index (Phi) is 9.16. The second-order valence-corrected chi connectivity index (χ2v) is 10.3. The molecule has 0 saturated heterocycles. The molecule has 0 aliphatic rings. The largest absolute Gasteiger partial charge is 0.494 e. The average molecular weight is 560 g/mol. The van der Waals surface area contributed by atoms with Gasteiger partial charge in [0.2, 0.25) is 5.91 Å². The van der Waals surface area contributed by atoms with E-state index in [4.69, 9.17) is 9.47 Å². The number of carbonyl (C=O) groups is 1. The minimum absolute atomic E-state index is 0.174. The number of likely N-dealkylation sites (N-methyl/N-ethyl adjacent to an activating group) is 1. The molecule has 1 aromatic heterocycles. The van der Waals surface area contributed by atoms with Crippen LogP contribution in [0, 0.1) is 5.82 Å².